The molecular formula is C23H25N3O4. The van der Waals surface area contributed by atoms with Crippen LogP contribution < -0.4 is 5.56 Å². The number of hydrogen-bond acceptors (Lipinski definition) is 5. The van der Waals surface area contributed by atoms with Crippen LogP contribution in [0.5, 0.6) is 0 Å². The summed E-state index contributed by atoms with van der Waals surface area (Å²) in [5, 5.41) is 0. The Morgan fingerprint density at radius 2 is 1.90 bits per heavy atom. The van der Waals surface area contributed by atoms with E-state index in [1.54, 1.807) is 29.7 Å². The number of rotatable bonds is 6. The van der Waals surface area contributed by atoms with Crippen LogP contribution >= 0.6 is 0 Å². The van der Waals surface area contributed by atoms with Gasteiger partial charge in [-0.3, -0.25) is 9.59 Å². The van der Waals surface area contributed by atoms with Gasteiger partial charge in [-0.25, -0.2) is 9.78 Å². The first-order valence-electron chi connectivity index (χ1n) is 10.2. The Balaban J connectivity index is 1.52. The quantitative estimate of drug-likeness (QED) is 0.461. The van der Waals surface area contributed by atoms with Crippen LogP contribution in [0.2, 0.25) is 0 Å². The normalized spacial score (nSPS) is 13.6. The summed E-state index contributed by atoms with van der Waals surface area (Å²) in [6.45, 7) is 7.66. The molecule has 1 aliphatic rings. The van der Waals surface area contributed by atoms with Crippen molar-refractivity contribution in [2.75, 3.05) is 6.61 Å². The van der Waals surface area contributed by atoms with Crippen LogP contribution in [0.1, 0.15) is 63.6 Å². The zero-order valence-electron chi connectivity index (χ0n) is 17.7. The van der Waals surface area contributed by atoms with Gasteiger partial charge in [-0.05, 0) is 64.8 Å². The van der Waals surface area contributed by atoms with Gasteiger partial charge in [0.1, 0.15) is 5.69 Å². The molecule has 1 aliphatic carbocycles. The molecule has 30 heavy (non-hydrogen) atoms. The van der Waals surface area contributed by atoms with Crippen molar-refractivity contribution >= 4 is 22.8 Å². The minimum Gasteiger partial charge on any atom is -0.454 e. The molecule has 3 aromatic rings. The van der Waals surface area contributed by atoms with Crippen LogP contribution in [0, 0.1) is 20.8 Å². The van der Waals surface area contributed by atoms with E-state index < -0.39 is 5.97 Å². The summed E-state index contributed by atoms with van der Waals surface area (Å²) in [6.07, 6.45) is 2.28. The summed E-state index contributed by atoms with van der Waals surface area (Å²) in [6, 6.07) is 7.24. The third-order valence-electron chi connectivity index (χ3n) is 5.69. The molecule has 0 amide bonds. The molecule has 2 aromatic heterocycles. The maximum atomic E-state index is 12.6. The van der Waals surface area contributed by atoms with Crippen molar-refractivity contribution in [3.05, 3.63) is 62.8 Å². The molecule has 1 saturated carbocycles. The molecular weight excluding hydrogens is 382 g/mol. The number of ketones is 1. The van der Waals surface area contributed by atoms with E-state index >= 15 is 0 Å². The number of aryl methyl sites for hydroxylation is 3. The number of aromatic nitrogens is 3. The second kappa shape index (κ2) is 7.55. The lowest BCUT2D eigenvalue weighted by molar-refractivity contribution is 0.0474. The number of fused-ring (bicyclic) bond motifs is 1. The molecule has 2 heterocycles. The van der Waals surface area contributed by atoms with Gasteiger partial charge in [-0.2, -0.15) is 0 Å². The van der Waals surface area contributed by atoms with E-state index in [1.807, 2.05) is 26.8 Å². The number of Topliss-reactive ketones (excluding diaryl/α,β-unsaturated/α-hetero) is 1. The molecule has 0 N–H and O–H groups in total. The van der Waals surface area contributed by atoms with E-state index in [2.05, 4.69) is 9.55 Å². The van der Waals surface area contributed by atoms with E-state index in [0.29, 0.717) is 40.4 Å². The number of hydrogen-bond donors (Lipinski definition) is 0. The van der Waals surface area contributed by atoms with Crippen LogP contribution in [-0.2, 0) is 11.3 Å². The zero-order valence-corrected chi connectivity index (χ0v) is 17.7. The minimum atomic E-state index is -0.588. The number of esters is 1. The Morgan fingerprint density at radius 1 is 1.17 bits per heavy atom. The van der Waals surface area contributed by atoms with Crippen LogP contribution in [-0.4, -0.2) is 32.5 Å². The van der Waals surface area contributed by atoms with Crippen molar-refractivity contribution < 1.29 is 14.3 Å². The van der Waals surface area contributed by atoms with Crippen LogP contribution in [0.4, 0.5) is 0 Å². The van der Waals surface area contributed by atoms with Crippen LogP contribution in [0.15, 0.2) is 29.1 Å². The Kier molecular flexibility index (Phi) is 5.05. The maximum Gasteiger partial charge on any atom is 0.338 e. The van der Waals surface area contributed by atoms with Gasteiger partial charge in [-0.15, -0.1) is 0 Å². The number of carbonyl (C=O) groups is 2. The fraction of sp³-hybridized carbons (Fsp3) is 0.391. The van der Waals surface area contributed by atoms with E-state index in [-0.39, 0.29) is 17.9 Å². The second-order valence-corrected chi connectivity index (χ2v) is 7.84. The molecule has 4 rings (SSSR count). The Labute approximate surface area is 174 Å². The number of ether oxygens (including phenoxy) is 1. The standard InChI is InChI=1S/C23H25N3O4/c1-5-25-20-9-6-16(11-19(20)24-14(3)22(25)28)23(29)30-12-21(27)18-10-13(2)26(15(18)4)17-7-8-17/h6,9-11,17H,5,7-8,12H2,1-4H3. The first-order chi connectivity index (χ1) is 14.3. The Hall–Kier alpha value is -3.22. The van der Waals surface area contributed by atoms with Gasteiger partial charge in [0.05, 0.1) is 16.6 Å². The summed E-state index contributed by atoms with van der Waals surface area (Å²) in [5.41, 5.74) is 4.32. The summed E-state index contributed by atoms with van der Waals surface area (Å²) in [4.78, 5) is 41.7. The van der Waals surface area contributed by atoms with Gasteiger partial charge in [0.25, 0.3) is 5.56 Å². The van der Waals surface area contributed by atoms with Gasteiger partial charge in [0.15, 0.2) is 6.61 Å². The van der Waals surface area contributed by atoms with Crippen molar-refractivity contribution in [1.82, 2.24) is 14.1 Å². The van der Waals surface area contributed by atoms with Gasteiger partial charge in [-0.1, -0.05) is 0 Å². The van der Waals surface area contributed by atoms with Gasteiger partial charge in [0, 0.05) is 29.5 Å². The topological polar surface area (TPSA) is 83.2 Å². The maximum absolute atomic E-state index is 12.6. The van der Waals surface area contributed by atoms with E-state index in [4.69, 9.17) is 4.74 Å². The molecule has 0 radical (unpaired) electrons. The minimum absolute atomic E-state index is 0.144. The second-order valence-electron chi connectivity index (χ2n) is 7.84. The van der Waals surface area contributed by atoms with E-state index in [0.717, 1.165) is 24.2 Å². The predicted octanol–water partition coefficient (Wildman–Crippen LogP) is 3.52. The van der Waals surface area contributed by atoms with Crippen LogP contribution in [0.3, 0.4) is 0 Å². The third kappa shape index (κ3) is 3.44. The first-order valence-corrected chi connectivity index (χ1v) is 10.2. The molecule has 0 bridgehead atoms. The van der Waals surface area contributed by atoms with E-state index in [9.17, 15) is 14.4 Å². The molecule has 1 aromatic carbocycles. The number of carbonyl (C=O) groups excluding carboxylic acids is 2. The molecule has 7 heteroatoms. The van der Waals surface area contributed by atoms with Crippen molar-refractivity contribution in [3.63, 3.8) is 0 Å². The van der Waals surface area contributed by atoms with Crippen molar-refractivity contribution in [2.24, 2.45) is 0 Å². The first kappa shape index (κ1) is 20.1. The Bertz CT molecular complexity index is 1230. The van der Waals surface area contributed by atoms with Gasteiger partial charge in [0.2, 0.25) is 5.78 Å². The van der Waals surface area contributed by atoms with Gasteiger partial charge < -0.3 is 13.9 Å². The monoisotopic (exact) mass is 407 g/mol. The summed E-state index contributed by atoms with van der Waals surface area (Å²) in [7, 11) is 0. The molecule has 1 fully saturated rings. The lowest BCUT2D eigenvalue weighted by Crippen LogP contribution is -2.23. The van der Waals surface area contributed by atoms with Crippen molar-refractivity contribution in [1.29, 1.82) is 0 Å². The Morgan fingerprint density at radius 3 is 2.57 bits per heavy atom. The largest absolute Gasteiger partial charge is 0.454 e. The summed E-state index contributed by atoms with van der Waals surface area (Å²) >= 11 is 0. The fourth-order valence-corrected chi connectivity index (χ4v) is 4.06. The molecule has 0 atom stereocenters. The van der Waals surface area contributed by atoms with Crippen molar-refractivity contribution in [2.45, 2.75) is 53.1 Å². The molecule has 156 valence electrons. The van der Waals surface area contributed by atoms with E-state index in [1.165, 1.54) is 0 Å². The van der Waals surface area contributed by atoms with Gasteiger partial charge >= 0.3 is 5.97 Å². The summed E-state index contributed by atoms with van der Waals surface area (Å²) in [5.74, 6) is -0.798. The predicted molar refractivity (Wildman–Crippen MR) is 113 cm³/mol. The number of nitrogens with zero attached hydrogens (tertiary/aromatic N) is 3. The lowest BCUT2D eigenvalue weighted by Gasteiger charge is -2.10. The summed E-state index contributed by atoms with van der Waals surface area (Å²) < 4.78 is 9.10. The number of benzene rings is 1. The van der Waals surface area contributed by atoms with Crippen LogP contribution in [0.25, 0.3) is 11.0 Å². The molecule has 7 nitrogen and oxygen atoms in total. The lowest BCUT2D eigenvalue weighted by atomic mass is 10.1. The fourth-order valence-electron chi connectivity index (χ4n) is 4.06. The highest BCUT2D eigenvalue weighted by Gasteiger charge is 2.28. The molecule has 0 unspecified atom stereocenters. The SMILES string of the molecule is CCn1c(=O)c(C)nc2cc(C(=O)OCC(=O)c3cc(C)n(C4CC4)c3C)ccc21. The molecule has 0 saturated heterocycles. The molecule has 0 aliphatic heterocycles. The smallest absolute Gasteiger partial charge is 0.338 e. The average molecular weight is 407 g/mol. The van der Waals surface area contributed by atoms with Crippen molar-refractivity contribution in [3.8, 4) is 0 Å². The highest BCUT2D eigenvalue weighted by molar-refractivity contribution is 6.01. The third-order valence-corrected chi connectivity index (χ3v) is 5.69. The average Bonchev–Trinajstić information content (AvgIpc) is 3.51. The highest BCUT2D eigenvalue weighted by Crippen LogP contribution is 2.38. The zero-order chi connectivity index (χ0) is 21.6. The molecule has 0 spiro atoms. The highest BCUT2D eigenvalue weighted by atomic mass is 16.5.